The number of benzene rings is 1. The van der Waals surface area contributed by atoms with Crippen LogP contribution in [0.3, 0.4) is 0 Å². The van der Waals surface area contributed by atoms with E-state index in [4.69, 9.17) is 0 Å². The quantitative estimate of drug-likeness (QED) is 0.341. The molecule has 0 aliphatic heterocycles. The fourth-order valence-corrected chi connectivity index (χ4v) is 2.25. The minimum Gasteiger partial charge on any atom is -1.00 e. The van der Waals surface area contributed by atoms with Gasteiger partial charge in [-0.1, -0.05) is 56.1 Å². The van der Waals surface area contributed by atoms with Gasteiger partial charge in [0.15, 0.2) is 0 Å². The summed E-state index contributed by atoms with van der Waals surface area (Å²) in [5, 5.41) is 0. The minimum atomic E-state index is 0. The van der Waals surface area contributed by atoms with Gasteiger partial charge in [0.1, 0.15) is 0 Å². The summed E-state index contributed by atoms with van der Waals surface area (Å²) in [7, 11) is 0. The molecule has 0 aliphatic rings. The zero-order valence-electron chi connectivity index (χ0n) is 12.0. The lowest BCUT2D eigenvalue weighted by Crippen LogP contribution is -3.00. The molecule has 0 N–H and O–H groups in total. The molecule has 1 aromatic carbocycles. The predicted molar refractivity (Wildman–Crippen MR) is 85.8 cm³/mol. The topological polar surface area (TPSA) is 0 Å². The van der Waals surface area contributed by atoms with Crippen molar-refractivity contribution in [2.75, 3.05) is 26.2 Å². The normalized spacial score (nSPS) is 10.8. The van der Waals surface area contributed by atoms with Crippen molar-refractivity contribution in [1.29, 1.82) is 0 Å². The Hall–Kier alpha value is -1.13. The Bertz CT molecular complexity index is 407. The molecule has 0 atom stereocenters. The largest absolute Gasteiger partial charge is 1.00 e. The van der Waals surface area contributed by atoms with E-state index in [-0.39, 0.29) is 24.0 Å². The van der Waals surface area contributed by atoms with E-state index in [1.165, 1.54) is 5.56 Å². The van der Waals surface area contributed by atoms with Gasteiger partial charge in [-0.15, -0.1) is 0 Å². The van der Waals surface area contributed by atoms with Crippen molar-refractivity contribution >= 4 is 6.08 Å². The molecule has 0 amide bonds. The maximum Gasteiger partial charge on any atom is 0.0984 e. The van der Waals surface area contributed by atoms with E-state index in [0.717, 1.165) is 30.7 Å². The lowest BCUT2D eigenvalue weighted by atomic mass is 10.2. The van der Waals surface area contributed by atoms with Gasteiger partial charge in [-0.3, -0.25) is 0 Å². The van der Waals surface area contributed by atoms with Crippen LogP contribution >= 0.6 is 0 Å². The number of quaternary nitrogens is 1. The lowest BCUT2D eigenvalue weighted by molar-refractivity contribution is -0.906. The Morgan fingerprint density at radius 2 is 1.30 bits per heavy atom. The molecule has 0 bridgehead atoms. The highest BCUT2D eigenvalue weighted by Crippen LogP contribution is 2.10. The first-order valence-corrected chi connectivity index (χ1v) is 6.66. The Labute approximate surface area is 140 Å². The summed E-state index contributed by atoms with van der Waals surface area (Å²) >= 11 is 0. The molecular weight excluding hydrogens is 357 g/mol. The first-order chi connectivity index (χ1) is 9.26. The van der Waals surface area contributed by atoms with Crippen molar-refractivity contribution in [1.82, 2.24) is 0 Å². The van der Waals surface area contributed by atoms with Crippen LogP contribution in [0.25, 0.3) is 6.08 Å². The van der Waals surface area contributed by atoms with Gasteiger partial charge < -0.3 is 28.5 Å². The maximum atomic E-state index is 3.87. The second-order valence-electron chi connectivity index (χ2n) is 4.75. The van der Waals surface area contributed by atoms with Gasteiger partial charge >= 0.3 is 0 Å². The zero-order chi connectivity index (χ0) is 14.0. The highest BCUT2D eigenvalue weighted by Gasteiger charge is 2.20. The standard InChI is InChI=1S/C18H24N.HI/c1-4-14-19(15-5-2,16-6-3)17-10-13-18-11-8-7-9-12-18;/h4-13H,1-3,14-17H2;1H/q+1;/p-1. The third kappa shape index (κ3) is 6.35. The molecule has 0 aromatic heterocycles. The van der Waals surface area contributed by atoms with Crippen molar-refractivity contribution in [3.63, 3.8) is 0 Å². The number of nitrogens with zero attached hydrogens (tertiary/aromatic N) is 1. The first-order valence-electron chi connectivity index (χ1n) is 6.66. The summed E-state index contributed by atoms with van der Waals surface area (Å²) in [6.45, 7) is 15.3. The van der Waals surface area contributed by atoms with E-state index >= 15 is 0 Å². The average Bonchev–Trinajstić information content (AvgIpc) is 2.41. The van der Waals surface area contributed by atoms with Gasteiger partial charge in [0.25, 0.3) is 0 Å². The van der Waals surface area contributed by atoms with Crippen LogP contribution in [0.15, 0.2) is 74.4 Å². The van der Waals surface area contributed by atoms with E-state index in [1.54, 1.807) is 0 Å². The molecule has 20 heavy (non-hydrogen) atoms. The predicted octanol–water partition coefficient (Wildman–Crippen LogP) is 1.08. The molecular formula is C18H24IN. The van der Waals surface area contributed by atoms with Gasteiger partial charge in [-0.2, -0.15) is 0 Å². The van der Waals surface area contributed by atoms with Crippen LogP contribution in [-0.2, 0) is 0 Å². The molecule has 108 valence electrons. The smallest absolute Gasteiger partial charge is 0.0984 e. The molecule has 1 aromatic rings. The summed E-state index contributed by atoms with van der Waals surface area (Å²) in [5.41, 5.74) is 1.23. The van der Waals surface area contributed by atoms with Gasteiger partial charge in [-0.05, 0) is 29.9 Å². The third-order valence-electron chi connectivity index (χ3n) is 3.15. The van der Waals surface area contributed by atoms with E-state index in [1.807, 2.05) is 24.3 Å². The summed E-state index contributed by atoms with van der Waals surface area (Å²) in [5.74, 6) is 0. The fourth-order valence-electron chi connectivity index (χ4n) is 2.25. The molecule has 0 saturated heterocycles. The minimum absolute atomic E-state index is 0. The van der Waals surface area contributed by atoms with Crippen LogP contribution < -0.4 is 24.0 Å². The molecule has 0 radical (unpaired) electrons. The van der Waals surface area contributed by atoms with Gasteiger partial charge in [0.2, 0.25) is 0 Å². The Morgan fingerprint density at radius 3 is 1.75 bits per heavy atom. The lowest BCUT2D eigenvalue weighted by Gasteiger charge is -2.35. The van der Waals surface area contributed by atoms with E-state index in [0.29, 0.717) is 0 Å². The molecule has 0 spiro atoms. The molecule has 0 saturated carbocycles. The highest BCUT2D eigenvalue weighted by atomic mass is 127. The molecule has 0 unspecified atom stereocenters. The number of rotatable bonds is 9. The molecule has 1 rings (SSSR count). The average molecular weight is 381 g/mol. The van der Waals surface area contributed by atoms with Crippen molar-refractivity contribution in [2.24, 2.45) is 0 Å². The second kappa shape index (κ2) is 10.6. The number of hydrogen-bond donors (Lipinski definition) is 0. The molecule has 0 fully saturated rings. The Morgan fingerprint density at radius 1 is 0.800 bits per heavy atom. The first kappa shape index (κ1) is 18.9. The third-order valence-corrected chi connectivity index (χ3v) is 3.15. The van der Waals surface area contributed by atoms with Crippen LogP contribution in [0.1, 0.15) is 5.56 Å². The highest BCUT2D eigenvalue weighted by molar-refractivity contribution is 5.48. The summed E-state index contributed by atoms with van der Waals surface area (Å²) in [6, 6.07) is 10.4. The number of hydrogen-bond acceptors (Lipinski definition) is 0. The Balaban J connectivity index is 0.00000361. The molecule has 2 heteroatoms. The fraction of sp³-hybridized carbons (Fsp3) is 0.222. The summed E-state index contributed by atoms with van der Waals surface area (Å²) in [4.78, 5) is 0. The van der Waals surface area contributed by atoms with Crippen molar-refractivity contribution in [2.45, 2.75) is 0 Å². The van der Waals surface area contributed by atoms with Crippen molar-refractivity contribution < 1.29 is 28.5 Å². The van der Waals surface area contributed by atoms with E-state index in [9.17, 15) is 0 Å². The Kier molecular flexibility index (Phi) is 10.0. The van der Waals surface area contributed by atoms with Crippen molar-refractivity contribution in [3.05, 3.63) is 79.9 Å². The monoisotopic (exact) mass is 381 g/mol. The van der Waals surface area contributed by atoms with Crippen LogP contribution in [-0.4, -0.2) is 30.7 Å². The van der Waals surface area contributed by atoms with Crippen LogP contribution in [0.2, 0.25) is 0 Å². The van der Waals surface area contributed by atoms with Gasteiger partial charge in [0.05, 0.1) is 26.2 Å². The van der Waals surface area contributed by atoms with E-state index in [2.05, 4.69) is 56.2 Å². The van der Waals surface area contributed by atoms with Crippen LogP contribution in [0.4, 0.5) is 0 Å². The molecule has 1 nitrogen and oxygen atoms in total. The van der Waals surface area contributed by atoms with E-state index < -0.39 is 0 Å². The zero-order valence-corrected chi connectivity index (χ0v) is 14.2. The van der Waals surface area contributed by atoms with Crippen LogP contribution in [0, 0.1) is 0 Å². The second-order valence-corrected chi connectivity index (χ2v) is 4.75. The van der Waals surface area contributed by atoms with Crippen molar-refractivity contribution in [3.8, 4) is 0 Å². The SMILES string of the molecule is C=CC[N+](CC=C)(CC=C)CC=Cc1ccccc1.[I-]. The summed E-state index contributed by atoms with van der Waals surface area (Å²) < 4.78 is 0.903. The number of halogens is 1. The summed E-state index contributed by atoms with van der Waals surface area (Å²) in [6.07, 6.45) is 10.3. The maximum absolute atomic E-state index is 3.87. The van der Waals surface area contributed by atoms with Crippen LogP contribution in [0.5, 0.6) is 0 Å². The molecule has 0 aliphatic carbocycles. The van der Waals surface area contributed by atoms with Gasteiger partial charge in [-0.25, -0.2) is 0 Å². The van der Waals surface area contributed by atoms with Gasteiger partial charge in [0, 0.05) is 0 Å². The molecule has 0 heterocycles.